The lowest BCUT2D eigenvalue weighted by molar-refractivity contribution is 0.285. The van der Waals surface area contributed by atoms with Crippen LogP contribution in [0.2, 0.25) is 19.6 Å². The van der Waals surface area contributed by atoms with Crippen molar-refractivity contribution in [2.45, 2.75) is 243 Å². The summed E-state index contributed by atoms with van der Waals surface area (Å²) in [5.41, 5.74) is 16.0. The number of halogens is 1. The minimum absolute atomic E-state index is 0.586. The molecule has 0 atom stereocenters. The number of fused-ring (bicyclic) bond motifs is 3. The van der Waals surface area contributed by atoms with Gasteiger partial charge in [0.1, 0.15) is 25.3 Å². The highest BCUT2D eigenvalue weighted by molar-refractivity contribution is 9.08. The minimum atomic E-state index is -1.10. The van der Waals surface area contributed by atoms with Crippen LogP contribution < -0.4 is 14.2 Å². The number of ether oxygens (including phenoxy) is 3. The molecular weight excluding hydrogens is 1200 g/mol. The maximum absolute atomic E-state index is 5.79. The third-order valence-corrected chi connectivity index (χ3v) is 12.2. The van der Waals surface area contributed by atoms with E-state index in [2.05, 4.69) is 125 Å². The summed E-state index contributed by atoms with van der Waals surface area (Å²) in [5.74, 6) is 27.8. The molecule has 0 amide bonds. The Kier molecular flexibility index (Phi) is 77.9. The van der Waals surface area contributed by atoms with Crippen molar-refractivity contribution in [1.82, 2.24) is 0 Å². The maximum atomic E-state index is 5.79. The fourth-order valence-electron chi connectivity index (χ4n) is 7.48. The Morgan fingerprint density at radius 3 is 0.772 bits per heavy atom. The van der Waals surface area contributed by atoms with Crippen molar-refractivity contribution in [3.8, 4) is 89.4 Å². The van der Waals surface area contributed by atoms with Gasteiger partial charge in [0, 0.05) is 68.2 Å². The SMILES string of the molecule is BrCc1cc(C#Cc2ccccc2)cc2c1OCCC2.C#CCc1cc(C#Cc2ccccc2)cc2c1OCCC2.C#CCc1cc(C#Cc2ccccc2)cc2c1OCCC2.C#C[Si](C)(C)C.CC.CC.CC.CC.CC.CC.CC.CC.CC.CC.CC.CC. The highest BCUT2D eigenvalue weighted by Crippen LogP contribution is 2.33. The normalized spacial score (nSPS) is 9.88. The third-order valence-electron chi connectivity index (χ3n) is 10.8. The number of benzene rings is 6. The van der Waals surface area contributed by atoms with Crippen LogP contribution >= 0.6 is 15.9 Å². The molecule has 0 saturated carbocycles. The lowest BCUT2D eigenvalue weighted by atomic mass is 9.97. The zero-order chi connectivity index (χ0) is 72.0. The molecule has 3 heterocycles. The largest absolute Gasteiger partial charge is 0.493 e. The van der Waals surface area contributed by atoms with E-state index in [4.69, 9.17) is 33.5 Å². The van der Waals surface area contributed by atoms with Crippen molar-refractivity contribution in [3.05, 3.63) is 194 Å². The molecule has 92 heavy (non-hydrogen) atoms. The van der Waals surface area contributed by atoms with Gasteiger partial charge in [0.2, 0.25) is 0 Å². The predicted molar refractivity (Wildman–Crippen MR) is 424 cm³/mol. The van der Waals surface area contributed by atoms with E-state index in [-0.39, 0.29) is 0 Å². The van der Waals surface area contributed by atoms with Gasteiger partial charge in [-0.15, -0.1) is 36.7 Å². The topological polar surface area (TPSA) is 27.7 Å². The van der Waals surface area contributed by atoms with Crippen LogP contribution in [0.3, 0.4) is 0 Å². The molecule has 5 heteroatoms. The molecular formula is C87H129BrO3Si. The number of terminal acetylenes is 3. The van der Waals surface area contributed by atoms with E-state index in [9.17, 15) is 0 Å². The van der Waals surface area contributed by atoms with Crippen molar-refractivity contribution in [1.29, 1.82) is 0 Å². The molecule has 0 N–H and O–H groups in total. The highest BCUT2D eigenvalue weighted by Gasteiger charge is 2.18. The molecule has 506 valence electrons. The second-order valence-electron chi connectivity index (χ2n) is 17.4. The average molecular weight is 1330 g/mol. The maximum Gasteiger partial charge on any atom is 0.128 e. The van der Waals surface area contributed by atoms with E-state index >= 15 is 0 Å². The van der Waals surface area contributed by atoms with Crippen LogP contribution in [0.25, 0.3) is 0 Å². The number of hydrogen-bond donors (Lipinski definition) is 0. The van der Waals surface area contributed by atoms with E-state index in [0.29, 0.717) is 12.8 Å². The Hall–Kier alpha value is -7.22. The predicted octanol–water partition coefficient (Wildman–Crippen LogP) is 25.3. The van der Waals surface area contributed by atoms with E-state index in [1.807, 2.05) is 257 Å². The van der Waals surface area contributed by atoms with Gasteiger partial charge in [0.05, 0.1) is 19.8 Å². The first kappa shape index (κ1) is 98.4. The van der Waals surface area contributed by atoms with Gasteiger partial charge in [-0.25, -0.2) is 0 Å². The number of rotatable bonds is 3. The van der Waals surface area contributed by atoms with Crippen molar-refractivity contribution >= 4 is 24.0 Å². The molecule has 3 aliphatic heterocycles. The van der Waals surface area contributed by atoms with Gasteiger partial charge in [-0.3, -0.25) is 0 Å². The van der Waals surface area contributed by atoms with Crippen molar-refractivity contribution in [2.24, 2.45) is 0 Å². The first-order valence-corrected chi connectivity index (χ1v) is 39.8. The third kappa shape index (κ3) is 44.3. The Bertz CT molecular complexity index is 2820. The molecule has 0 bridgehead atoms. The molecule has 9 rings (SSSR count). The second-order valence-corrected chi connectivity index (χ2v) is 22.7. The molecule has 0 aliphatic carbocycles. The smallest absolute Gasteiger partial charge is 0.128 e. The summed E-state index contributed by atoms with van der Waals surface area (Å²) in [7, 11) is -1.10. The average Bonchev–Trinajstić information content (AvgIpc) is 1.05. The first-order valence-electron chi connectivity index (χ1n) is 35.1. The van der Waals surface area contributed by atoms with Crippen molar-refractivity contribution in [2.75, 3.05) is 19.8 Å². The molecule has 0 aromatic heterocycles. The van der Waals surface area contributed by atoms with Crippen LogP contribution in [0.4, 0.5) is 0 Å². The summed E-state index contributed by atoms with van der Waals surface area (Å²) in [6, 6.07) is 42.7. The molecule has 0 spiro atoms. The summed E-state index contributed by atoms with van der Waals surface area (Å²) < 4.78 is 17.3. The fourth-order valence-corrected chi connectivity index (χ4v) is 7.90. The molecule has 0 unspecified atom stereocenters. The fraction of sp³-hybridized carbons (Fsp3) is 0.448. The van der Waals surface area contributed by atoms with Gasteiger partial charge in [-0.05, 0) is 128 Å². The zero-order valence-electron chi connectivity index (χ0n) is 63.4. The monoisotopic (exact) mass is 1330 g/mol. The van der Waals surface area contributed by atoms with E-state index < -0.39 is 8.07 Å². The first-order chi connectivity index (χ1) is 45.2. The summed E-state index contributed by atoms with van der Waals surface area (Å²) >= 11 is 3.54. The van der Waals surface area contributed by atoms with Crippen LogP contribution in [0.15, 0.2) is 127 Å². The number of hydrogen-bond acceptors (Lipinski definition) is 3. The van der Waals surface area contributed by atoms with E-state index in [1.54, 1.807) is 0 Å². The van der Waals surface area contributed by atoms with Crippen LogP contribution in [-0.2, 0) is 37.4 Å². The molecule has 0 radical (unpaired) electrons. The van der Waals surface area contributed by atoms with Gasteiger partial charge in [-0.1, -0.05) is 292 Å². The lowest BCUT2D eigenvalue weighted by Gasteiger charge is -2.20. The molecule has 3 nitrogen and oxygen atoms in total. The van der Waals surface area contributed by atoms with Gasteiger partial charge in [0.15, 0.2) is 0 Å². The number of aryl methyl sites for hydroxylation is 3. The van der Waals surface area contributed by atoms with Crippen molar-refractivity contribution < 1.29 is 14.2 Å². The second kappa shape index (κ2) is 72.8. The van der Waals surface area contributed by atoms with Gasteiger partial charge in [-0.2, -0.15) is 0 Å². The van der Waals surface area contributed by atoms with Gasteiger partial charge in [0.25, 0.3) is 0 Å². The summed E-state index contributed by atoms with van der Waals surface area (Å²) in [5, 5.41) is 0.802. The summed E-state index contributed by atoms with van der Waals surface area (Å²) in [6.45, 7) is 56.8. The Labute approximate surface area is 580 Å². The molecule has 3 aliphatic rings. The molecule has 0 fully saturated rings. The van der Waals surface area contributed by atoms with Crippen LogP contribution in [0.1, 0.15) is 252 Å². The molecule has 0 saturated heterocycles. The van der Waals surface area contributed by atoms with E-state index in [1.165, 1.54) is 22.3 Å². The van der Waals surface area contributed by atoms with E-state index in [0.717, 1.165) is 125 Å². The Morgan fingerprint density at radius 2 is 0.554 bits per heavy atom. The van der Waals surface area contributed by atoms with Crippen LogP contribution in [-0.4, -0.2) is 27.9 Å². The Balaban J connectivity index is -0.000000195. The minimum Gasteiger partial charge on any atom is -0.493 e. The summed E-state index contributed by atoms with van der Waals surface area (Å²) in [4.78, 5) is 0. The highest BCUT2D eigenvalue weighted by atomic mass is 79.9. The summed E-state index contributed by atoms with van der Waals surface area (Å²) in [6.07, 6.45) is 23.6. The standard InChI is InChI=1S/2C20H16O.C18H15BrO.C5H10Si.12C2H6/c2*1-2-7-18-14-17(12-11-16-8-4-3-5-9-16)15-19-10-6-13-21-20(18)19;19-13-17-12-15(9-8-14-5-2-1-3-6-14)11-16-7-4-10-20-18(16)17;1-5-6(2,3)4;12*1-2/h2*1,3-5,8-9,14-15H,6-7,10,13H2;1-3,5-6,11-12H,4,7,10,13H2;1H,2-4H3;12*1-2H3. The van der Waals surface area contributed by atoms with Gasteiger partial charge < -0.3 is 14.2 Å². The van der Waals surface area contributed by atoms with Crippen molar-refractivity contribution in [3.63, 3.8) is 0 Å². The lowest BCUT2D eigenvalue weighted by Crippen LogP contribution is -2.15. The molecule has 6 aromatic rings. The van der Waals surface area contributed by atoms with Crippen LogP contribution in [0.5, 0.6) is 17.2 Å². The van der Waals surface area contributed by atoms with Crippen LogP contribution in [0, 0.1) is 72.2 Å². The number of alkyl halides is 1. The quantitative estimate of drug-likeness (QED) is 0.100. The van der Waals surface area contributed by atoms with Gasteiger partial charge >= 0.3 is 0 Å². The zero-order valence-corrected chi connectivity index (χ0v) is 66.0. The molecule has 6 aromatic carbocycles. The Morgan fingerprint density at radius 1 is 0.337 bits per heavy atom.